The van der Waals surface area contributed by atoms with Gasteiger partial charge >= 0.3 is 0 Å². The number of carbonyl (C=O) groups is 1. The largest absolute Gasteiger partial charge is 0.494 e. The molecule has 0 saturated carbocycles. The highest BCUT2D eigenvalue weighted by molar-refractivity contribution is 7.22. The van der Waals surface area contributed by atoms with Crippen molar-refractivity contribution in [2.24, 2.45) is 5.92 Å². The van der Waals surface area contributed by atoms with Gasteiger partial charge in [0.05, 0.1) is 22.9 Å². The molecule has 1 fully saturated rings. The van der Waals surface area contributed by atoms with Gasteiger partial charge in [0.15, 0.2) is 5.13 Å². The molecule has 1 saturated heterocycles. The van der Waals surface area contributed by atoms with Crippen LogP contribution in [-0.4, -0.2) is 29.7 Å². The first kappa shape index (κ1) is 16.3. The van der Waals surface area contributed by atoms with Gasteiger partial charge in [-0.25, -0.2) is 4.98 Å². The molecular weight excluding hydrogens is 336 g/mol. The molecule has 3 unspecified atom stereocenters. The maximum atomic E-state index is 12.5. The van der Waals surface area contributed by atoms with Gasteiger partial charge in [-0.3, -0.25) is 10.1 Å². The van der Waals surface area contributed by atoms with Crippen LogP contribution in [-0.2, 0) is 9.53 Å². The lowest BCUT2D eigenvalue weighted by Gasteiger charge is -2.13. The smallest absolute Gasteiger partial charge is 0.255 e. The van der Waals surface area contributed by atoms with Crippen LogP contribution in [0, 0.1) is 5.92 Å². The molecule has 1 aliphatic carbocycles. The molecule has 1 amide bonds. The van der Waals surface area contributed by atoms with E-state index in [0.29, 0.717) is 18.2 Å². The second kappa shape index (κ2) is 6.98. The number of anilines is 1. The summed E-state index contributed by atoms with van der Waals surface area (Å²) in [6, 6.07) is 5.80. The van der Waals surface area contributed by atoms with E-state index >= 15 is 0 Å². The van der Waals surface area contributed by atoms with Crippen molar-refractivity contribution in [3.8, 4) is 5.75 Å². The highest BCUT2D eigenvalue weighted by Gasteiger charge is 2.37. The molecule has 0 bridgehead atoms. The second-order valence-electron chi connectivity index (χ2n) is 6.24. The van der Waals surface area contributed by atoms with E-state index in [9.17, 15) is 4.79 Å². The van der Waals surface area contributed by atoms with Gasteiger partial charge in [-0.05, 0) is 31.0 Å². The zero-order valence-corrected chi connectivity index (χ0v) is 14.8. The Labute approximate surface area is 150 Å². The van der Waals surface area contributed by atoms with Crippen LogP contribution in [0.4, 0.5) is 5.13 Å². The number of amides is 1. The SMILES string of the molecule is CCCOc1ccc2nc(NC(=O)C3CC4C=CC=CC4O3)sc2c1. The van der Waals surface area contributed by atoms with Gasteiger partial charge < -0.3 is 9.47 Å². The van der Waals surface area contributed by atoms with Gasteiger partial charge in [-0.1, -0.05) is 42.6 Å². The van der Waals surface area contributed by atoms with Crippen LogP contribution in [0.2, 0.25) is 0 Å². The molecular formula is C19H20N2O3S. The van der Waals surface area contributed by atoms with E-state index in [2.05, 4.69) is 23.3 Å². The van der Waals surface area contributed by atoms with Gasteiger partial charge in [0.2, 0.25) is 0 Å². The average Bonchev–Trinajstić information content (AvgIpc) is 3.22. The van der Waals surface area contributed by atoms with E-state index in [1.54, 1.807) is 0 Å². The Morgan fingerprint density at radius 3 is 3.12 bits per heavy atom. The lowest BCUT2D eigenvalue weighted by molar-refractivity contribution is -0.125. The minimum Gasteiger partial charge on any atom is -0.494 e. The molecule has 1 aromatic heterocycles. The predicted octanol–water partition coefficient (Wildman–Crippen LogP) is 3.92. The Balaban J connectivity index is 1.44. The fourth-order valence-corrected chi connectivity index (χ4v) is 4.00. The first-order chi connectivity index (χ1) is 12.2. The number of carbonyl (C=O) groups excluding carboxylic acids is 1. The fraction of sp³-hybridized carbons (Fsp3) is 0.368. The molecule has 1 N–H and O–H groups in total. The van der Waals surface area contributed by atoms with Crippen LogP contribution >= 0.6 is 11.3 Å². The first-order valence-corrected chi connectivity index (χ1v) is 9.39. The molecule has 1 aliphatic heterocycles. The standard InChI is InChI=1S/C19H20N2O3S/c1-2-9-23-13-7-8-14-17(11-13)25-19(20-14)21-18(22)16-10-12-5-3-4-6-15(12)24-16/h3-8,11-12,15-16H,2,9-10H2,1H3,(H,20,21,22). The fourth-order valence-electron chi connectivity index (χ4n) is 3.11. The summed E-state index contributed by atoms with van der Waals surface area (Å²) in [5.41, 5.74) is 0.857. The molecule has 1 aromatic carbocycles. The Morgan fingerprint density at radius 2 is 2.28 bits per heavy atom. The molecule has 0 spiro atoms. The lowest BCUT2D eigenvalue weighted by atomic mass is 9.95. The highest BCUT2D eigenvalue weighted by Crippen LogP contribution is 2.33. The number of fused-ring (bicyclic) bond motifs is 2. The Bertz CT molecular complexity index is 822. The van der Waals surface area contributed by atoms with Crippen LogP contribution in [0.5, 0.6) is 5.75 Å². The Morgan fingerprint density at radius 1 is 1.40 bits per heavy atom. The van der Waals surface area contributed by atoms with Crippen molar-refractivity contribution < 1.29 is 14.3 Å². The van der Waals surface area contributed by atoms with Crippen molar-refractivity contribution in [3.63, 3.8) is 0 Å². The van der Waals surface area contributed by atoms with Crippen molar-refractivity contribution in [2.45, 2.75) is 32.0 Å². The highest BCUT2D eigenvalue weighted by atomic mass is 32.1. The monoisotopic (exact) mass is 356 g/mol. The minimum absolute atomic E-state index is 0.00869. The molecule has 3 atom stereocenters. The van der Waals surface area contributed by atoms with Gasteiger partial charge in [0.25, 0.3) is 5.91 Å². The number of ether oxygens (including phenoxy) is 2. The third kappa shape index (κ3) is 3.45. The van der Waals surface area contributed by atoms with Crippen LogP contribution in [0.1, 0.15) is 19.8 Å². The van der Waals surface area contributed by atoms with E-state index in [-0.39, 0.29) is 17.9 Å². The summed E-state index contributed by atoms with van der Waals surface area (Å²) in [5.74, 6) is 0.991. The van der Waals surface area contributed by atoms with Gasteiger partial charge in [0, 0.05) is 5.92 Å². The van der Waals surface area contributed by atoms with Crippen molar-refractivity contribution in [1.82, 2.24) is 4.98 Å². The summed E-state index contributed by atoms with van der Waals surface area (Å²) >= 11 is 1.45. The number of benzene rings is 1. The number of nitrogens with zero attached hydrogens (tertiary/aromatic N) is 1. The molecule has 2 aromatic rings. The number of hydrogen-bond donors (Lipinski definition) is 1. The summed E-state index contributed by atoms with van der Waals surface area (Å²) in [4.78, 5) is 17.0. The zero-order valence-electron chi connectivity index (χ0n) is 14.0. The van der Waals surface area contributed by atoms with Crippen LogP contribution < -0.4 is 10.1 Å². The number of rotatable bonds is 5. The minimum atomic E-state index is -0.433. The van der Waals surface area contributed by atoms with Crippen LogP contribution in [0.25, 0.3) is 10.2 Å². The molecule has 4 rings (SSSR count). The van der Waals surface area contributed by atoms with Crippen molar-refractivity contribution in [1.29, 1.82) is 0 Å². The molecule has 2 heterocycles. The summed E-state index contributed by atoms with van der Waals surface area (Å²) < 4.78 is 12.5. The van der Waals surface area contributed by atoms with Gasteiger partial charge in [-0.2, -0.15) is 0 Å². The quantitative estimate of drug-likeness (QED) is 0.882. The number of thiazole rings is 1. The van der Waals surface area contributed by atoms with Gasteiger partial charge in [0.1, 0.15) is 11.9 Å². The van der Waals surface area contributed by atoms with Crippen molar-refractivity contribution in [3.05, 3.63) is 42.5 Å². The van der Waals surface area contributed by atoms with Crippen LogP contribution in [0.15, 0.2) is 42.5 Å². The molecule has 130 valence electrons. The summed E-state index contributed by atoms with van der Waals surface area (Å²) in [5, 5.41) is 3.49. The first-order valence-electron chi connectivity index (χ1n) is 8.57. The van der Waals surface area contributed by atoms with Crippen molar-refractivity contribution in [2.75, 3.05) is 11.9 Å². The lowest BCUT2D eigenvalue weighted by Crippen LogP contribution is -2.27. The number of aromatic nitrogens is 1. The van der Waals surface area contributed by atoms with E-state index in [4.69, 9.17) is 9.47 Å². The molecule has 2 aliphatic rings. The van der Waals surface area contributed by atoms with Crippen molar-refractivity contribution >= 4 is 32.6 Å². The molecule has 5 nitrogen and oxygen atoms in total. The van der Waals surface area contributed by atoms with E-state index in [1.807, 2.05) is 36.4 Å². The molecule has 0 radical (unpaired) electrons. The third-order valence-electron chi connectivity index (χ3n) is 4.36. The van der Waals surface area contributed by atoms with Crippen LogP contribution in [0.3, 0.4) is 0 Å². The molecule has 25 heavy (non-hydrogen) atoms. The summed E-state index contributed by atoms with van der Waals surface area (Å²) in [7, 11) is 0. The summed E-state index contributed by atoms with van der Waals surface area (Å²) in [6.07, 6.45) is 9.34. The maximum absolute atomic E-state index is 12.5. The predicted molar refractivity (Wildman–Crippen MR) is 99.1 cm³/mol. The molecule has 6 heteroatoms. The third-order valence-corrected chi connectivity index (χ3v) is 5.29. The summed E-state index contributed by atoms with van der Waals surface area (Å²) in [6.45, 7) is 2.77. The number of hydrogen-bond acceptors (Lipinski definition) is 5. The second-order valence-corrected chi connectivity index (χ2v) is 7.28. The topological polar surface area (TPSA) is 60.5 Å². The zero-order chi connectivity index (χ0) is 17.2. The Kier molecular flexibility index (Phi) is 4.55. The van der Waals surface area contributed by atoms with Gasteiger partial charge in [-0.15, -0.1) is 0 Å². The van der Waals surface area contributed by atoms with E-state index < -0.39 is 6.10 Å². The van der Waals surface area contributed by atoms with E-state index in [1.165, 1.54) is 11.3 Å². The normalized spacial score (nSPS) is 24.4. The Hall–Kier alpha value is -2.18. The number of allylic oxidation sites excluding steroid dienone is 2. The maximum Gasteiger partial charge on any atom is 0.255 e. The number of nitrogens with one attached hydrogen (secondary N) is 1. The van der Waals surface area contributed by atoms with E-state index in [0.717, 1.165) is 22.4 Å². The average molecular weight is 356 g/mol.